The quantitative estimate of drug-likeness (QED) is 0.768. The summed E-state index contributed by atoms with van der Waals surface area (Å²) in [5, 5.41) is 2.75. The van der Waals surface area contributed by atoms with Crippen LogP contribution in [0.4, 0.5) is 11.4 Å². The highest BCUT2D eigenvalue weighted by atomic mass is 79.9. The molecule has 0 aromatic heterocycles. The van der Waals surface area contributed by atoms with Crippen molar-refractivity contribution in [1.29, 1.82) is 0 Å². The summed E-state index contributed by atoms with van der Waals surface area (Å²) in [7, 11) is 0. The van der Waals surface area contributed by atoms with Gasteiger partial charge in [0.25, 0.3) is 5.91 Å². The summed E-state index contributed by atoms with van der Waals surface area (Å²) in [6.45, 7) is -0.0887. The van der Waals surface area contributed by atoms with Crippen molar-refractivity contribution in [2.45, 2.75) is 0 Å². The zero-order valence-electron chi connectivity index (χ0n) is 10.4. The molecule has 0 heterocycles. The molecule has 3 N–H and O–H groups in total. The molecule has 0 saturated carbocycles. The third-order valence-electron chi connectivity index (χ3n) is 2.46. The smallest absolute Gasteiger partial charge is 0.262 e. The van der Waals surface area contributed by atoms with Gasteiger partial charge < -0.3 is 15.8 Å². The molecule has 0 atom stereocenters. The fraction of sp³-hybridized carbons (Fsp3) is 0.0714. The first-order valence-corrected chi connectivity index (χ1v) is 7.37. The Morgan fingerprint density at radius 1 is 1.20 bits per heavy atom. The first-order chi connectivity index (χ1) is 9.56. The molecule has 1 amide bonds. The maximum Gasteiger partial charge on any atom is 0.262 e. The fourth-order valence-electron chi connectivity index (χ4n) is 1.55. The minimum Gasteiger partial charge on any atom is -0.483 e. The molecule has 0 aliphatic carbocycles. The molecule has 104 valence electrons. The van der Waals surface area contributed by atoms with Crippen LogP contribution in [0.2, 0.25) is 0 Å². The molecule has 0 bridgehead atoms. The van der Waals surface area contributed by atoms with Crippen LogP contribution in [-0.4, -0.2) is 12.5 Å². The van der Waals surface area contributed by atoms with Crippen LogP contribution in [0.3, 0.4) is 0 Å². The van der Waals surface area contributed by atoms with E-state index < -0.39 is 0 Å². The van der Waals surface area contributed by atoms with Crippen molar-refractivity contribution in [2.24, 2.45) is 0 Å². The number of nitrogens with two attached hydrogens (primary N) is 1. The number of benzene rings is 2. The van der Waals surface area contributed by atoms with Gasteiger partial charge in [-0.3, -0.25) is 4.79 Å². The number of nitrogens with one attached hydrogen (secondary N) is 1. The Kier molecular flexibility index (Phi) is 5.03. The van der Waals surface area contributed by atoms with Crippen molar-refractivity contribution in [3.05, 3.63) is 51.4 Å². The normalized spacial score (nSPS) is 10.1. The lowest BCUT2D eigenvalue weighted by atomic mass is 10.3. The van der Waals surface area contributed by atoms with E-state index in [-0.39, 0.29) is 12.5 Å². The molecule has 20 heavy (non-hydrogen) atoms. The monoisotopic (exact) mass is 398 g/mol. The number of nitrogen functional groups attached to an aromatic ring is 1. The van der Waals surface area contributed by atoms with Crippen LogP contribution in [0.1, 0.15) is 0 Å². The summed E-state index contributed by atoms with van der Waals surface area (Å²) >= 11 is 6.66. The molecule has 0 fully saturated rings. The first kappa shape index (κ1) is 14.9. The van der Waals surface area contributed by atoms with Gasteiger partial charge in [0.2, 0.25) is 0 Å². The van der Waals surface area contributed by atoms with Crippen molar-refractivity contribution in [3.8, 4) is 5.75 Å². The van der Waals surface area contributed by atoms with E-state index in [1.165, 1.54) is 0 Å². The second kappa shape index (κ2) is 6.76. The number of amides is 1. The summed E-state index contributed by atoms with van der Waals surface area (Å²) in [5.74, 6) is 0.298. The molecule has 2 aromatic carbocycles. The maximum absolute atomic E-state index is 11.8. The van der Waals surface area contributed by atoms with Gasteiger partial charge in [0.1, 0.15) is 5.75 Å². The Morgan fingerprint density at radius 3 is 2.70 bits per heavy atom. The Morgan fingerprint density at radius 2 is 1.95 bits per heavy atom. The van der Waals surface area contributed by atoms with Crippen LogP contribution in [0.15, 0.2) is 51.4 Å². The Hall–Kier alpha value is -1.53. The summed E-state index contributed by atoms with van der Waals surface area (Å²) in [5.41, 5.74) is 7.01. The van der Waals surface area contributed by atoms with E-state index in [4.69, 9.17) is 10.5 Å². The number of hydrogen-bond donors (Lipinski definition) is 2. The van der Waals surface area contributed by atoms with Crippen molar-refractivity contribution in [1.82, 2.24) is 0 Å². The van der Waals surface area contributed by atoms with E-state index in [1.807, 2.05) is 18.2 Å². The highest BCUT2D eigenvalue weighted by molar-refractivity contribution is 9.11. The van der Waals surface area contributed by atoms with Crippen LogP contribution in [0.5, 0.6) is 5.75 Å². The SMILES string of the molecule is Nc1cccc(OCC(=O)Nc2cccc(Br)c2)c1Br. The van der Waals surface area contributed by atoms with Gasteiger partial charge >= 0.3 is 0 Å². The number of carbonyl (C=O) groups excluding carboxylic acids is 1. The zero-order chi connectivity index (χ0) is 14.5. The number of hydrogen-bond acceptors (Lipinski definition) is 3. The molecule has 6 heteroatoms. The van der Waals surface area contributed by atoms with Crippen LogP contribution >= 0.6 is 31.9 Å². The van der Waals surface area contributed by atoms with Gasteiger partial charge in [-0.1, -0.05) is 28.1 Å². The van der Waals surface area contributed by atoms with E-state index in [2.05, 4.69) is 37.2 Å². The number of anilines is 2. The molecule has 2 aromatic rings. The van der Waals surface area contributed by atoms with Crippen molar-refractivity contribution >= 4 is 49.1 Å². The lowest BCUT2D eigenvalue weighted by Gasteiger charge is -2.10. The molecular formula is C14H12Br2N2O2. The summed E-state index contributed by atoms with van der Waals surface area (Å²) in [6, 6.07) is 12.6. The minimum atomic E-state index is -0.238. The minimum absolute atomic E-state index is 0.0887. The van der Waals surface area contributed by atoms with Gasteiger partial charge in [0.05, 0.1) is 4.47 Å². The van der Waals surface area contributed by atoms with Crippen LogP contribution in [0.25, 0.3) is 0 Å². The molecule has 0 aliphatic rings. The lowest BCUT2D eigenvalue weighted by Crippen LogP contribution is -2.20. The first-order valence-electron chi connectivity index (χ1n) is 5.78. The van der Waals surface area contributed by atoms with Gasteiger partial charge in [0.15, 0.2) is 6.61 Å². The molecule has 0 spiro atoms. The molecule has 4 nitrogen and oxygen atoms in total. The molecule has 0 unspecified atom stereocenters. The second-order valence-corrected chi connectivity index (χ2v) is 5.72. The molecule has 2 rings (SSSR count). The van der Waals surface area contributed by atoms with E-state index >= 15 is 0 Å². The third-order valence-corrected chi connectivity index (χ3v) is 3.80. The van der Waals surface area contributed by atoms with Gasteiger partial charge in [-0.15, -0.1) is 0 Å². The van der Waals surface area contributed by atoms with Gasteiger partial charge in [-0.05, 0) is 46.3 Å². The largest absolute Gasteiger partial charge is 0.483 e. The summed E-state index contributed by atoms with van der Waals surface area (Å²) in [4.78, 5) is 11.8. The maximum atomic E-state index is 11.8. The Balaban J connectivity index is 1.94. The molecule has 0 radical (unpaired) electrons. The number of carbonyl (C=O) groups is 1. The number of ether oxygens (including phenoxy) is 1. The van der Waals surface area contributed by atoms with Crippen LogP contribution in [-0.2, 0) is 4.79 Å². The van der Waals surface area contributed by atoms with E-state index in [0.29, 0.717) is 21.6 Å². The van der Waals surface area contributed by atoms with Gasteiger partial charge in [-0.2, -0.15) is 0 Å². The summed E-state index contributed by atoms with van der Waals surface area (Å²) in [6.07, 6.45) is 0. The van der Waals surface area contributed by atoms with Crippen LogP contribution < -0.4 is 15.8 Å². The van der Waals surface area contributed by atoms with Crippen molar-refractivity contribution in [3.63, 3.8) is 0 Å². The molecular weight excluding hydrogens is 388 g/mol. The van der Waals surface area contributed by atoms with Crippen molar-refractivity contribution < 1.29 is 9.53 Å². The molecule has 0 saturated heterocycles. The predicted molar refractivity (Wildman–Crippen MR) is 86.8 cm³/mol. The highest BCUT2D eigenvalue weighted by Gasteiger charge is 2.07. The van der Waals surface area contributed by atoms with Crippen molar-refractivity contribution in [2.75, 3.05) is 17.7 Å². The summed E-state index contributed by atoms with van der Waals surface area (Å²) < 4.78 is 6.98. The average Bonchev–Trinajstić information content (AvgIpc) is 2.40. The molecule has 0 aliphatic heterocycles. The average molecular weight is 400 g/mol. The van der Waals surface area contributed by atoms with E-state index in [9.17, 15) is 4.79 Å². The fourth-order valence-corrected chi connectivity index (χ4v) is 2.32. The van der Waals surface area contributed by atoms with E-state index in [1.54, 1.807) is 24.3 Å². The lowest BCUT2D eigenvalue weighted by molar-refractivity contribution is -0.118. The second-order valence-electron chi connectivity index (χ2n) is 4.01. The number of halogens is 2. The standard InChI is InChI=1S/C14H12Br2N2O2/c15-9-3-1-4-10(7-9)18-13(19)8-20-12-6-2-5-11(17)14(12)16/h1-7H,8,17H2,(H,18,19). The van der Waals surface area contributed by atoms with Gasteiger partial charge in [0, 0.05) is 15.8 Å². The van der Waals surface area contributed by atoms with Crippen LogP contribution in [0, 0.1) is 0 Å². The van der Waals surface area contributed by atoms with E-state index in [0.717, 1.165) is 4.47 Å². The zero-order valence-corrected chi connectivity index (χ0v) is 13.6. The highest BCUT2D eigenvalue weighted by Crippen LogP contribution is 2.30. The van der Waals surface area contributed by atoms with Gasteiger partial charge in [-0.25, -0.2) is 0 Å². The Bertz CT molecular complexity index is 632. The Labute approximate surface area is 133 Å². The predicted octanol–water partition coefficient (Wildman–Crippen LogP) is 3.81. The number of rotatable bonds is 4. The third kappa shape index (κ3) is 3.98. The topological polar surface area (TPSA) is 64.3 Å².